The molecule has 1 heterocycles. The normalized spacial score (nSPS) is 21.1. The van der Waals surface area contributed by atoms with Crippen LogP contribution < -0.4 is 10.5 Å². The summed E-state index contributed by atoms with van der Waals surface area (Å²) in [5.41, 5.74) is 7.69. The standard InChI is InChI=1S/C15H23NO3/c1-11-6-5-7-13(15(11)16)18-10-12(2)19-14-8-3-4-9-17-14/h5-7,12,14H,3-4,8-10,16H2,1-2H3/t12-,14?/m0/s1. The number of ether oxygens (including phenoxy) is 3. The maximum atomic E-state index is 5.96. The van der Waals surface area contributed by atoms with E-state index in [9.17, 15) is 0 Å². The number of hydrogen-bond donors (Lipinski definition) is 1. The van der Waals surface area contributed by atoms with Gasteiger partial charge in [-0.2, -0.15) is 0 Å². The first kappa shape index (κ1) is 14.2. The van der Waals surface area contributed by atoms with Gasteiger partial charge in [0, 0.05) is 6.61 Å². The first-order chi connectivity index (χ1) is 9.16. The highest BCUT2D eigenvalue weighted by molar-refractivity contribution is 5.57. The van der Waals surface area contributed by atoms with Crippen LogP contribution in [0.25, 0.3) is 0 Å². The summed E-state index contributed by atoms with van der Waals surface area (Å²) >= 11 is 0. The van der Waals surface area contributed by atoms with Crippen molar-refractivity contribution in [2.45, 2.75) is 45.5 Å². The highest BCUT2D eigenvalue weighted by Gasteiger charge is 2.17. The fourth-order valence-electron chi connectivity index (χ4n) is 2.10. The third-order valence-electron chi connectivity index (χ3n) is 3.28. The molecule has 1 unspecified atom stereocenters. The Morgan fingerprint density at radius 2 is 2.26 bits per heavy atom. The van der Waals surface area contributed by atoms with Crippen molar-refractivity contribution in [1.29, 1.82) is 0 Å². The summed E-state index contributed by atoms with van der Waals surface area (Å²) in [4.78, 5) is 0. The van der Waals surface area contributed by atoms with Crippen molar-refractivity contribution >= 4 is 5.69 Å². The summed E-state index contributed by atoms with van der Waals surface area (Å²) in [6.07, 6.45) is 3.18. The van der Waals surface area contributed by atoms with E-state index in [2.05, 4.69) is 0 Å². The zero-order valence-electron chi connectivity index (χ0n) is 11.7. The van der Waals surface area contributed by atoms with Gasteiger partial charge in [0.1, 0.15) is 12.4 Å². The van der Waals surface area contributed by atoms with Crippen molar-refractivity contribution in [2.75, 3.05) is 18.9 Å². The van der Waals surface area contributed by atoms with Crippen molar-refractivity contribution in [3.05, 3.63) is 23.8 Å². The number of nitrogen functional groups attached to an aromatic ring is 1. The molecule has 1 aromatic rings. The van der Waals surface area contributed by atoms with Crippen LogP contribution in [0.4, 0.5) is 5.69 Å². The van der Waals surface area contributed by atoms with Crippen LogP contribution in [0.1, 0.15) is 31.7 Å². The van der Waals surface area contributed by atoms with Crippen LogP contribution in [0, 0.1) is 6.92 Å². The lowest BCUT2D eigenvalue weighted by Crippen LogP contribution is -2.29. The molecule has 2 N–H and O–H groups in total. The molecule has 19 heavy (non-hydrogen) atoms. The first-order valence-corrected chi connectivity index (χ1v) is 6.92. The summed E-state index contributed by atoms with van der Waals surface area (Å²) in [5.74, 6) is 0.722. The molecule has 0 spiro atoms. The van der Waals surface area contributed by atoms with E-state index in [0.29, 0.717) is 12.3 Å². The zero-order chi connectivity index (χ0) is 13.7. The lowest BCUT2D eigenvalue weighted by atomic mass is 10.2. The molecule has 0 aliphatic carbocycles. The number of aryl methyl sites for hydroxylation is 1. The second-order valence-corrected chi connectivity index (χ2v) is 5.04. The number of anilines is 1. The van der Waals surface area contributed by atoms with E-state index in [4.69, 9.17) is 19.9 Å². The second-order valence-electron chi connectivity index (χ2n) is 5.04. The van der Waals surface area contributed by atoms with E-state index < -0.39 is 0 Å². The van der Waals surface area contributed by atoms with E-state index in [1.165, 1.54) is 6.42 Å². The molecule has 4 heteroatoms. The first-order valence-electron chi connectivity index (χ1n) is 6.92. The van der Waals surface area contributed by atoms with Gasteiger partial charge in [-0.1, -0.05) is 12.1 Å². The van der Waals surface area contributed by atoms with Gasteiger partial charge in [0.15, 0.2) is 6.29 Å². The van der Waals surface area contributed by atoms with Crippen LogP contribution in [0.2, 0.25) is 0 Å². The van der Waals surface area contributed by atoms with Gasteiger partial charge < -0.3 is 19.9 Å². The molecule has 1 aliphatic rings. The molecule has 106 valence electrons. The molecule has 2 rings (SSSR count). The fourth-order valence-corrected chi connectivity index (χ4v) is 2.10. The van der Waals surface area contributed by atoms with Crippen LogP contribution >= 0.6 is 0 Å². The quantitative estimate of drug-likeness (QED) is 0.832. The highest BCUT2D eigenvalue weighted by Crippen LogP contribution is 2.24. The molecular formula is C15H23NO3. The molecule has 1 fully saturated rings. The maximum absolute atomic E-state index is 5.96. The van der Waals surface area contributed by atoms with Gasteiger partial charge in [0.25, 0.3) is 0 Å². The van der Waals surface area contributed by atoms with E-state index >= 15 is 0 Å². The maximum Gasteiger partial charge on any atom is 0.158 e. The predicted octanol–water partition coefficient (Wildman–Crippen LogP) is 2.89. The number of benzene rings is 1. The van der Waals surface area contributed by atoms with Crippen LogP contribution in [0.15, 0.2) is 18.2 Å². The molecule has 4 nitrogen and oxygen atoms in total. The largest absolute Gasteiger partial charge is 0.489 e. The van der Waals surface area contributed by atoms with E-state index in [1.54, 1.807) is 0 Å². The average Bonchev–Trinajstić information content (AvgIpc) is 2.42. The van der Waals surface area contributed by atoms with Gasteiger partial charge in [-0.25, -0.2) is 0 Å². The molecule has 0 bridgehead atoms. The lowest BCUT2D eigenvalue weighted by Gasteiger charge is -2.26. The van der Waals surface area contributed by atoms with Crippen LogP contribution in [0.5, 0.6) is 5.75 Å². The van der Waals surface area contributed by atoms with Crippen molar-refractivity contribution in [3.63, 3.8) is 0 Å². The van der Waals surface area contributed by atoms with Gasteiger partial charge >= 0.3 is 0 Å². The van der Waals surface area contributed by atoms with E-state index in [1.807, 2.05) is 32.0 Å². The monoisotopic (exact) mass is 265 g/mol. The summed E-state index contributed by atoms with van der Waals surface area (Å²) in [7, 11) is 0. The Morgan fingerprint density at radius 3 is 3.00 bits per heavy atom. The molecule has 0 aromatic heterocycles. The van der Waals surface area contributed by atoms with Gasteiger partial charge in [0.2, 0.25) is 0 Å². The van der Waals surface area contributed by atoms with Crippen molar-refractivity contribution in [1.82, 2.24) is 0 Å². The Morgan fingerprint density at radius 1 is 1.42 bits per heavy atom. The second kappa shape index (κ2) is 6.78. The molecule has 2 atom stereocenters. The van der Waals surface area contributed by atoms with Crippen LogP contribution in [-0.2, 0) is 9.47 Å². The Hall–Kier alpha value is -1.26. The summed E-state index contributed by atoms with van der Waals surface area (Å²) in [5, 5.41) is 0. The fraction of sp³-hybridized carbons (Fsp3) is 0.600. The van der Waals surface area contributed by atoms with E-state index in [0.717, 1.165) is 30.8 Å². The Balaban J connectivity index is 1.79. The molecule has 1 saturated heterocycles. The highest BCUT2D eigenvalue weighted by atomic mass is 16.7. The topological polar surface area (TPSA) is 53.7 Å². The molecule has 1 aliphatic heterocycles. The Kier molecular flexibility index (Phi) is 5.05. The van der Waals surface area contributed by atoms with Crippen molar-refractivity contribution < 1.29 is 14.2 Å². The smallest absolute Gasteiger partial charge is 0.158 e. The number of nitrogens with two attached hydrogens (primary N) is 1. The zero-order valence-corrected chi connectivity index (χ0v) is 11.7. The molecule has 0 radical (unpaired) electrons. The number of para-hydroxylation sites is 1. The third-order valence-corrected chi connectivity index (χ3v) is 3.28. The summed E-state index contributed by atoms with van der Waals surface area (Å²) < 4.78 is 17.1. The molecule has 1 aromatic carbocycles. The Labute approximate surface area is 114 Å². The molecular weight excluding hydrogens is 242 g/mol. The predicted molar refractivity (Wildman–Crippen MR) is 75.2 cm³/mol. The Bertz CT molecular complexity index is 402. The molecule has 0 saturated carbocycles. The van der Waals surface area contributed by atoms with Gasteiger partial charge in [-0.15, -0.1) is 0 Å². The van der Waals surface area contributed by atoms with Crippen LogP contribution in [0.3, 0.4) is 0 Å². The van der Waals surface area contributed by atoms with Crippen LogP contribution in [-0.4, -0.2) is 25.6 Å². The number of rotatable bonds is 5. The van der Waals surface area contributed by atoms with Gasteiger partial charge in [-0.05, 0) is 44.7 Å². The minimum atomic E-state index is -0.0813. The van der Waals surface area contributed by atoms with Gasteiger partial charge in [-0.3, -0.25) is 0 Å². The van der Waals surface area contributed by atoms with Crippen molar-refractivity contribution in [3.8, 4) is 5.75 Å². The van der Waals surface area contributed by atoms with Gasteiger partial charge in [0.05, 0.1) is 11.8 Å². The number of hydrogen-bond acceptors (Lipinski definition) is 4. The summed E-state index contributed by atoms with van der Waals surface area (Å²) in [6.45, 7) is 5.23. The molecule has 0 amide bonds. The lowest BCUT2D eigenvalue weighted by molar-refractivity contribution is -0.189. The van der Waals surface area contributed by atoms with Crippen molar-refractivity contribution in [2.24, 2.45) is 0 Å². The minimum absolute atomic E-state index is 0.0111. The van der Waals surface area contributed by atoms with E-state index in [-0.39, 0.29) is 12.4 Å². The third kappa shape index (κ3) is 4.11. The minimum Gasteiger partial charge on any atom is -0.489 e. The average molecular weight is 265 g/mol. The SMILES string of the molecule is Cc1cccc(OC[C@H](C)OC2CCCCO2)c1N. The summed E-state index contributed by atoms with van der Waals surface area (Å²) in [6, 6.07) is 5.79.